The second-order valence-corrected chi connectivity index (χ2v) is 6.48. The number of benzene rings is 1. The quantitative estimate of drug-likeness (QED) is 0.724. The highest BCUT2D eigenvalue weighted by atomic mass is 35.5. The van der Waals surface area contributed by atoms with E-state index in [1.807, 2.05) is 18.2 Å². The van der Waals surface area contributed by atoms with Crippen molar-refractivity contribution in [3.05, 3.63) is 52.4 Å². The van der Waals surface area contributed by atoms with E-state index < -0.39 is 18.0 Å². The summed E-state index contributed by atoms with van der Waals surface area (Å²) < 4.78 is 9.95. The van der Waals surface area contributed by atoms with Gasteiger partial charge in [-0.25, -0.2) is 19.6 Å². The maximum Gasteiger partial charge on any atom is 0.358 e. The third-order valence-electron chi connectivity index (χ3n) is 4.13. The first-order valence-electron chi connectivity index (χ1n) is 8.69. The molecule has 1 aliphatic carbocycles. The van der Waals surface area contributed by atoms with Gasteiger partial charge < -0.3 is 14.8 Å². The summed E-state index contributed by atoms with van der Waals surface area (Å²) in [4.78, 5) is 33.3. The summed E-state index contributed by atoms with van der Waals surface area (Å²) in [7, 11) is 1.26. The molecule has 8 heteroatoms. The maximum atomic E-state index is 12.5. The molecule has 0 spiro atoms. The van der Waals surface area contributed by atoms with Crippen molar-refractivity contribution < 1.29 is 19.1 Å². The van der Waals surface area contributed by atoms with Gasteiger partial charge in [-0.15, -0.1) is 0 Å². The van der Waals surface area contributed by atoms with Gasteiger partial charge in [0.15, 0.2) is 11.7 Å². The molecule has 0 saturated heterocycles. The number of hydrogen-bond acceptors (Lipinski definition) is 7. The number of hydrogen-bond donors (Lipinski definition) is 1. The van der Waals surface area contributed by atoms with Crippen LogP contribution in [0.1, 0.15) is 53.6 Å². The van der Waals surface area contributed by atoms with E-state index >= 15 is 0 Å². The van der Waals surface area contributed by atoms with Crippen LogP contribution in [0.15, 0.2) is 30.3 Å². The van der Waals surface area contributed by atoms with Crippen LogP contribution in [0.4, 0.5) is 5.82 Å². The van der Waals surface area contributed by atoms with Gasteiger partial charge in [-0.2, -0.15) is 0 Å². The first-order valence-corrected chi connectivity index (χ1v) is 9.06. The molecule has 7 nitrogen and oxygen atoms in total. The second kappa shape index (κ2) is 8.35. The molecule has 3 rings (SSSR count). The van der Waals surface area contributed by atoms with Crippen LogP contribution in [0.3, 0.4) is 0 Å². The number of halogens is 1. The number of carbonyl (C=O) groups excluding carboxylic acids is 2. The Kier molecular flexibility index (Phi) is 5.91. The molecule has 1 heterocycles. The zero-order valence-corrected chi connectivity index (χ0v) is 15.8. The van der Waals surface area contributed by atoms with E-state index in [1.165, 1.54) is 7.11 Å². The smallest absolute Gasteiger partial charge is 0.358 e. The fraction of sp³-hybridized carbons (Fsp3) is 0.368. The molecule has 1 N–H and O–H groups in total. The summed E-state index contributed by atoms with van der Waals surface area (Å²) in [6.45, 7) is 1.97. The number of nitrogens with zero attached hydrogens (tertiary/aromatic N) is 2. The van der Waals surface area contributed by atoms with Crippen LogP contribution in [0.5, 0.6) is 0 Å². The largest absolute Gasteiger partial charge is 0.464 e. The van der Waals surface area contributed by atoms with E-state index in [2.05, 4.69) is 15.3 Å². The van der Waals surface area contributed by atoms with Gasteiger partial charge in [0.2, 0.25) is 0 Å². The highest BCUT2D eigenvalue weighted by molar-refractivity contribution is 6.35. The number of methoxy groups -OCH3 is 1. The molecule has 1 aromatic carbocycles. The number of carbonyl (C=O) groups is 2. The maximum absolute atomic E-state index is 12.5. The summed E-state index contributed by atoms with van der Waals surface area (Å²) >= 11 is 6.35. The predicted octanol–water partition coefficient (Wildman–Crippen LogP) is 3.51. The van der Waals surface area contributed by atoms with Crippen LogP contribution in [0.25, 0.3) is 0 Å². The standard InChI is InChI=1S/C19H20ClN3O4/c1-3-27-19(25)14(11-7-5-4-6-8-11)21-17-13(20)15(18(24)26-2)22-16(23-17)12-9-10-12/h4-8,12,14H,3,9-10H2,1-2H3,(H,21,22,23). The van der Waals surface area contributed by atoms with Crippen molar-refractivity contribution in [2.45, 2.75) is 31.7 Å². The Morgan fingerprint density at radius 3 is 2.56 bits per heavy atom. The molecule has 0 bridgehead atoms. The average Bonchev–Trinajstić information content (AvgIpc) is 3.52. The number of rotatable bonds is 7. The molecule has 27 heavy (non-hydrogen) atoms. The number of anilines is 1. The molecule has 0 amide bonds. The van der Waals surface area contributed by atoms with Crippen LogP contribution in [-0.2, 0) is 14.3 Å². The van der Waals surface area contributed by atoms with Crippen molar-refractivity contribution in [3.63, 3.8) is 0 Å². The van der Waals surface area contributed by atoms with Crippen molar-refractivity contribution in [1.29, 1.82) is 0 Å². The van der Waals surface area contributed by atoms with Crippen LogP contribution < -0.4 is 5.32 Å². The highest BCUT2D eigenvalue weighted by Gasteiger charge is 2.31. The van der Waals surface area contributed by atoms with Gasteiger partial charge in [-0.05, 0) is 25.3 Å². The Morgan fingerprint density at radius 2 is 1.96 bits per heavy atom. The summed E-state index contributed by atoms with van der Waals surface area (Å²) in [6.07, 6.45) is 1.89. The minimum atomic E-state index is -0.823. The minimum Gasteiger partial charge on any atom is -0.464 e. The SMILES string of the molecule is CCOC(=O)C(Nc1nc(C2CC2)nc(C(=O)OC)c1Cl)c1ccccc1. The summed E-state index contributed by atoms with van der Waals surface area (Å²) in [5.41, 5.74) is 0.674. The van der Waals surface area contributed by atoms with Gasteiger partial charge in [0.25, 0.3) is 0 Å². The Bertz CT molecular complexity index is 840. The minimum absolute atomic E-state index is 0.0106. The molecule has 1 saturated carbocycles. The van der Waals surface area contributed by atoms with Gasteiger partial charge in [0.05, 0.1) is 13.7 Å². The van der Waals surface area contributed by atoms with Crippen molar-refractivity contribution >= 4 is 29.4 Å². The molecule has 1 fully saturated rings. The van der Waals surface area contributed by atoms with E-state index in [0.29, 0.717) is 11.4 Å². The lowest BCUT2D eigenvalue weighted by Gasteiger charge is -2.20. The summed E-state index contributed by atoms with van der Waals surface area (Å²) in [5, 5.41) is 3.04. The van der Waals surface area contributed by atoms with Gasteiger partial charge in [-0.1, -0.05) is 41.9 Å². The zero-order valence-electron chi connectivity index (χ0n) is 15.1. The van der Waals surface area contributed by atoms with Crippen LogP contribution in [-0.4, -0.2) is 35.6 Å². The van der Waals surface area contributed by atoms with Crippen molar-refractivity contribution in [1.82, 2.24) is 9.97 Å². The number of esters is 2. The topological polar surface area (TPSA) is 90.4 Å². The Hall–Kier alpha value is -2.67. The molecule has 1 aromatic heterocycles. The van der Waals surface area contributed by atoms with Crippen molar-refractivity contribution in [2.75, 3.05) is 19.0 Å². The first kappa shape index (κ1) is 19.1. The number of aromatic nitrogens is 2. The Labute approximate surface area is 162 Å². The third-order valence-corrected chi connectivity index (χ3v) is 4.48. The lowest BCUT2D eigenvalue weighted by atomic mass is 10.1. The molecule has 1 aliphatic rings. The van der Waals surface area contributed by atoms with Gasteiger partial charge >= 0.3 is 11.9 Å². The Morgan fingerprint density at radius 1 is 1.26 bits per heavy atom. The Balaban J connectivity index is 2.01. The molecule has 1 unspecified atom stereocenters. The van der Waals surface area contributed by atoms with Crippen LogP contribution in [0.2, 0.25) is 5.02 Å². The fourth-order valence-electron chi connectivity index (χ4n) is 2.60. The molecule has 1 atom stereocenters. The van der Waals surface area contributed by atoms with E-state index in [4.69, 9.17) is 21.1 Å². The third kappa shape index (κ3) is 4.36. The average molecular weight is 390 g/mol. The second-order valence-electron chi connectivity index (χ2n) is 6.10. The van der Waals surface area contributed by atoms with Gasteiger partial charge in [0.1, 0.15) is 16.7 Å². The van der Waals surface area contributed by atoms with Crippen LogP contribution >= 0.6 is 11.6 Å². The highest BCUT2D eigenvalue weighted by Crippen LogP contribution is 2.40. The molecular formula is C19H20ClN3O4. The number of nitrogens with one attached hydrogen (secondary N) is 1. The molecule has 2 aromatic rings. The normalized spacial score (nSPS) is 14.3. The zero-order chi connectivity index (χ0) is 19.4. The lowest BCUT2D eigenvalue weighted by molar-refractivity contribution is -0.144. The number of ether oxygens (including phenoxy) is 2. The van der Waals surface area contributed by atoms with Gasteiger partial charge in [-0.3, -0.25) is 0 Å². The van der Waals surface area contributed by atoms with E-state index in [9.17, 15) is 9.59 Å². The van der Waals surface area contributed by atoms with Crippen molar-refractivity contribution in [2.24, 2.45) is 0 Å². The van der Waals surface area contributed by atoms with E-state index in [1.54, 1.807) is 19.1 Å². The van der Waals surface area contributed by atoms with Gasteiger partial charge in [0, 0.05) is 5.92 Å². The fourth-order valence-corrected chi connectivity index (χ4v) is 2.82. The monoisotopic (exact) mass is 389 g/mol. The summed E-state index contributed by atoms with van der Waals surface area (Å²) in [5.74, 6) is -0.219. The summed E-state index contributed by atoms with van der Waals surface area (Å²) in [6, 6.07) is 8.26. The lowest BCUT2D eigenvalue weighted by Crippen LogP contribution is -2.25. The first-order chi connectivity index (χ1) is 13.0. The predicted molar refractivity (Wildman–Crippen MR) is 99.8 cm³/mol. The molecule has 142 valence electrons. The molecule has 0 radical (unpaired) electrons. The molecular weight excluding hydrogens is 370 g/mol. The van der Waals surface area contributed by atoms with Crippen molar-refractivity contribution in [3.8, 4) is 0 Å². The molecule has 0 aliphatic heterocycles. The van der Waals surface area contributed by atoms with E-state index in [-0.39, 0.29) is 29.1 Å². The van der Waals surface area contributed by atoms with E-state index in [0.717, 1.165) is 12.8 Å². The van der Waals surface area contributed by atoms with Crippen LogP contribution in [0, 0.1) is 0 Å².